The molecule has 0 aromatic heterocycles. The second-order valence-corrected chi connectivity index (χ2v) is 5.09. The van der Waals surface area contributed by atoms with Crippen LogP contribution in [0.1, 0.15) is 11.1 Å². The zero-order valence-corrected chi connectivity index (χ0v) is 12.7. The second kappa shape index (κ2) is 8.80. The zero-order chi connectivity index (χ0) is 15.6. The maximum atomic E-state index is 12.3. The first-order valence-corrected chi connectivity index (χ1v) is 7.55. The third kappa shape index (κ3) is 5.19. The van der Waals surface area contributed by atoms with Crippen LogP contribution in [0.4, 0.5) is 0 Å². The number of nitrogens with two attached hydrogens (primary N) is 1. The van der Waals surface area contributed by atoms with E-state index in [9.17, 15) is 4.79 Å². The fraction of sp³-hybridized carbons (Fsp3) is 0.211. The van der Waals surface area contributed by atoms with Crippen molar-refractivity contribution in [2.45, 2.75) is 6.42 Å². The number of hydrogen-bond acceptors (Lipinski definition) is 2. The minimum atomic E-state index is 0.00485. The van der Waals surface area contributed by atoms with Gasteiger partial charge in [0, 0.05) is 25.7 Å². The Kier molecular flexibility index (Phi) is 6.39. The Balaban J connectivity index is 1.94. The third-order valence-electron chi connectivity index (χ3n) is 3.44. The molecular weight excluding hydrogens is 272 g/mol. The van der Waals surface area contributed by atoms with Crippen LogP contribution < -0.4 is 5.73 Å². The summed E-state index contributed by atoms with van der Waals surface area (Å²) in [5.41, 5.74) is 7.87. The molecule has 0 fully saturated rings. The number of carbonyl (C=O) groups excluding carboxylic acids is 1. The van der Waals surface area contributed by atoms with Gasteiger partial charge < -0.3 is 10.6 Å². The topological polar surface area (TPSA) is 46.3 Å². The van der Waals surface area contributed by atoms with Crippen molar-refractivity contribution in [3.05, 3.63) is 77.9 Å². The van der Waals surface area contributed by atoms with E-state index in [4.69, 9.17) is 5.73 Å². The Bertz CT molecular complexity index is 593. The molecule has 114 valence electrons. The second-order valence-electron chi connectivity index (χ2n) is 5.09. The van der Waals surface area contributed by atoms with Crippen molar-refractivity contribution < 1.29 is 4.79 Å². The molecule has 2 N–H and O–H groups in total. The highest BCUT2D eigenvalue weighted by Crippen LogP contribution is 2.04. The summed E-state index contributed by atoms with van der Waals surface area (Å²) in [6.45, 7) is 1.73. The maximum absolute atomic E-state index is 12.3. The molecular formula is C19H22N2O. The first-order valence-electron chi connectivity index (χ1n) is 7.55. The predicted octanol–water partition coefficient (Wildman–Crippen LogP) is 2.73. The van der Waals surface area contributed by atoms with Crippen LogP contribution in [0.25, 0.3) is 6.08 Å². The van der Waals surface area contributed by atoms with E-state index in [-0.39, 0.29) is 5.91 Å². The summed E-state index contributed by atoms with van der Waals surface area (Å²) in [5, 5.41) is 0. The number of benzene rings is 2. The Hall–Kier alpha value is -2.39. The minimum Gasteiger partial charge on any atom is -0.338 e. The molecule has 0 aliphatic carbocycles. The Morgan fingerprint density at radius 1 is 0.955 bits per heavy atom. The van der Waals surface area contributed by atoms with Gasteiger partial charge in [0.05, 0.1) is 0 Å². The molecule has 0 radical (unpaired) electrons. The molecule has 0 aliphatic rings. The maximum Gasteiger partial charge on any atom is 0.246 e. The number of amides is 1. The van der Waals surface area contributed by atoms with Gasteiger partial charge in [0.25, 0.3) is 0 Å². The molecule has 2 aromatic carbocycles. The van der Waals surface area contributed by atoms with Crippen LogP contribution in [0.3, 0.4) is 0 Å². The molecule has 2 aromatic rings. The van der Waals surface area contributed by atoms with E-state index < -0.39 is 0 Å². The van der Waals surface area contributed by atoms with Gasteiger partial charge in [-0.3, -0.25) is 4.79 Å². The Morgan fingerprint density at radius 2 is 1.59 bits per heavy atom. The fourth-order valence-corrected chi connectivity index (χ4v) is 2.23. The van der Waals surface area contributed by atoms with E-state index >= 15 is 0 Å². The molecule has 0 unspecified atom stereocenters. The lowest BCUT2D eigenvalue weighted by molar-refractivity contribution is -0.125. The van der Waals surface area contributed by atoms with Crippen LogP contribution >= 0.6 is 0 Å². The van der Waals surface area contributed by atoms with Gasteiger partial charge in [-0.1, -0.05) is 60.7 Å². The summed E-state index contributed by atoms with van der Waals surface area (Å²) in [7, 11) is 0. The summed E-state index contributed by atoms with van der Waals surface area (Å²) in [4.78, 5) is 14.1. The average Bonchev–Trinajstić information content (AvgIpc) is 2.58. The van der Waals surface area contributed by atoms with Gasteiger partial charge >= 0.3 is 0 Å². The lowest BCUT2D eigenvalue weighted by Gasteiger charge is -2.20. The lowest BCUT2D eigenvalue weighted by Crippen LogP contribution is -2.35. The highest BCUT2D eigenvalue weighted by molar-refractivity contribution is 5.91. The van der Waals surface area contributed by atoms with E-state index in [0.717, 1.165) is 12.0 Å². The van der Waals surface area contributed by atoms with Crippen LogP contribution in [0.2, 0.25) is 0 Å². The molecule has 22 heavy (non-hydrogen) atoms. The Labute approximate surface area is 132 Å². The van der Waals surface area contributed by atoms with Crippen LogP contribution in [0.15, 0.2) is 66.7 Å². The van der Waals surface area contributed by atoms with Crippen molar-refractivity contribution in [3.8, 4) is 0 Å². The van der Waals surface area contributed by atoms with E-state index in [2.05, 4.69) is 12.1 Å². The molecule has 3 nitrogen and oxygen atoms in total. The lowest BCUT2D eigenvalue weighted by atomic mass is 10.1. The zero-order valence-electron chi connectivity index (χ0n) is 12.7. The van der Waals surface area contributed by atoms with Gasteiger partial charge in [-0.2, -0.15) is 0 Å². The third-order valence-corrected chi connectivity index (χ3v) is 3.44. The van der Waals surface area contributed by atoms with Crippen molar-refractivity contribution in [2.24, 2.45) is 5.73 Å². The molecule has 2 rings (SSSR count). The molecule has 3 heteroatoms. The SMILES string of the molecule is NCCN(CCc1ccccc1)C(=O)/C=C/c1ccccc1. The number of nitrogens with zero attached hydrogens (tertiary/aromatic N) is 1. The van der Waals surface area contributed by atoms with E-state index in [1.165, 1.54) is 5.56 Å². The largest absolute Gasteiger partial charge is 0.338 e. The molecule has 0 heterocycles. The van der Waals surface area contributed by atoms with Crippen molar-refractivity contribution in [1.29, 1.82) is 0 Å². The van der Waals surface area contributed by atoms with E-state index in [0.29, 0.717) is 19.6 Å². The smallest absolute Gasteiger partial charge is 0.246 e. The van der Waals surface area contributed by atoms with E-state index in [1.807, 2.05) is 54.6 Å². The number of rotatable bonds is 7. The standard InChI is InChI=1S/C19H22N2O/c20-14-16-21(15-13-18-9-5-2-6-10-18)19(22)12-11-17-7-3-1-4-8-17/h1-12H,13-16,20H2/b12-11+. The van der Waals surface area contributed by atoms with Gasteiger partial charge in [0.1, 0.15) is 0 Å². The highest BCUT2D eigenvalue weighted by Gasteiger charge is 2.09. The van der Waals surface area contributed by atoms with Crippen molar-refractivity contribution in [3.63, 3.8) is 0 Å². The summed E-state index contributed by atoms with van der Waals surface area (Å²) in [5.74, 6) is 0.00485. The van der Waals surface area contributed by atoms with Crippen LogP contribution in [-0.2, 0) is 11.2 Å². The monoisotopic (exact) mass is 294 g/mol. The molecule has 0 aliphatic heterocycles. The normalized spacial score (nSPS) is 10.8. The predicted molar refractivity (Wildman–Crippen MR) is 91.3 cm³/mol. The minimum absolute atomic E-state index is 0.00485. The van der Waals surface area contributed by atoms with Gasteiger partial charge in [-0.25, -0.2) is 0 Å². The molecule has 0 saturated heterocycles. The van der Waals surface area contributed by atoms with E-state index in [1.54, 1.807) is 11.0 Å². The highest BCUT2D eigenvalue weighted by atomic mass is 16.2. The van der Waals surface area contributed by atoms with Crippen molar-refractivity contribution in [1.82, 2.24) is 4.90 Å². The molecule has 1 amide bonds. The van der Waals surface area contributed by atoms with Crippen molar-refractivity contribution in [2.75, 3.05) is 19.6 Å². The van der Waals surface area contributed by atoms with Crippen LogP contribution in [-0.4, -0.2) is 30.4 Å². The average molecular weight is 294 g/mol. The first kappa shape index (κ1) is 16.0. The van der Waals surface area contributed by atoms with Gasteiger partial charge in [-0.15, -0.1) is 0 Å². The first-order chi connectivity index (χ1) is 10.8. The summed E-state index contributed by atoms with van der Waals surface area (Å²) < 4.78 is 0. The summed E-state index contributed by atoms with van der Waals surface area (Å²) in [6.07, 6.45) is 4.30. The van der Waals surface area contributed by atoms with Gasteiger partial charge in [0.15, 0.2) is 0 Å². The van der Waals surface area contributed by atoms with Crippen molar-refractivity contribution >= 4 is 12.0 Å². The summed E-state index contributed by atoms with van der Waals surface area (Å²) >= 11 is 0. The number of hydrogen-bond donors (Lipinski definition) is 1. The fourth-order valence-electron chi connectivity index (χ4n) is 2.23. The number of carbonyl (C=O) groups is 1. The van der Waals surface area contributed by atoms with Crippen LogP contribution in [0.5, 0.6) is 0 Å². The van der Waals surface area contributed by atoms with Gasteiger partial charge in [0.2, 0.25) is 5.91 Å². The summed E-state index contributed by atoms with van der Waals surface area (Å²) in [6, 6.07) is 20.0. The van der Waals surface area contributed by atoms with Crippen LogP contribution in [0, 0.1) is 0 Å². The molecule has 0 saturated carbocycles. The quantitative estimate of drug-likeness (QED) is 0.798. The molecule has 0 spiro atoms. The molecule has 0 atom stereocenters. The van der Waals surface area contributed by atoms with Gasteiger partial charge in [-0.05, 0) is 23.6 Å². The molecule has 0 bridgehead atoms. The Morgan fingerprint density at radius 3 is 2.23 bits per heavy atom.